The van der Waals surface area contributed by atoms with Crippen molar-refractivity contribution in [1.82, 2.24) is 0 Å². The molecule has 6 heteroatoms. The summed E-state index contributed by atoms with van der Waals surface area (Å²) >= 11 is 3.29. The first-order valence-electron chi connectivity index (χ1n) is 5.99. The molecule has 4 nitrogen and oxygen atoms in total. The molecule has 2 aromatic rings. The van der Waals surface area contributed by atoms with E-state index in [4.69, 9.17) is 0 Å². The second-order valence-corrected chi connectivity index (χ2v) is 6.91. The Hall–Kier alpha value is -1.53. The summed E-state index contributed by atoms with van der Waals surface area (Å²) in [6.07, 6.45) is 0. The van der Waals surface area contributed by atoms with Crippen molar-refractivity contribution < 1.29 is 8.42 Å². The maximum Gasteiger partial charge on any atom is 0.262 e. The summed E-state index contributed by atoms with van der Waals surface area (Å²) in [7, 11) is -1.78. The zero-order chi connectivity index (χ0) is 14.8. The largest absolute Gasteiger partial charge is 0.388 e. The highest BCUT2D eigenvalue weighted by atomic mass is 79.9. The van der Waals surface area contributed by atoms with Crippen molar-refractivity contribution in [1.29, 1.82) is 0 Å². The number of sulfonamides is 1. The standard InChI is InChI=1S/C14H15BrN2O2S/c1-10-3-4-11(15)9-14(10)20(18,19)17-13-7-5-12(16-2)6-8-13/h3-9,16-17H,1-2H3. The molecular formula is C14H15BrN2O2S. The molecule has 0 aliphatic heterocycles. The maximum atomic E-state index is 12.4. The highest BCUT2D eigenvalue weighted by Gasteiger charge is 2.17. The summed E-state index contributed by atoms with van der Waals surface area (Å²) in [6.45, 7) is 1.77. The van der Waals surface area contributed by atoms with E-state index in [9.17, 15) is 8.42 Å². The lowest BCUT2D eigenvalue weighted by Gasteiger charge is -2.11. The summed E-state index contributed by atoms with van der Waals surface area (Å²) in [4.78, 5) is 0.268. The molecule has 2 N–H and O–H groups in total. The zero-order valence-corrected chi connectivity index (χ0v) is 13.5. The van der Waals surface area contributed by atoms with Crippen LogP contribution < -0.4 is 10.0 Å². The van der Waals surface area contributed by atoms with E-state index < -0.39 is 10.0 Å². The van der Waals surface area contributed by atoms with Gasteiger partial charge in [0.2, 0.25) is 0 Å². The Morgan fingerprint density at radius 2 is 1.60 bits per heavy atom. The van der Waals surface area contributed by atoms with Crippen LogP contribution in [0.15, 0.2) is 51.8 Å². The first kappa shape index (κ1) is 14.9. The minimum Gasteiger partial charge on any atom is -0.388 e. The van der Waals surface area contributed by atoms with Crippen LogP contribution in [0.1, 0.15) is 5.56 Å². The summed E-state index contributed by atoms with van der Waals surface area (Å²) in [6, 6.07) is 12.2. The molecule has 0 unspecified atom stereocenters. The van der Waals surface area contributed by atoms with Crippen molar-refractivity contribution in [2.75, 3.05) is 17.1 Å². The van der Waals surface area contributed by atoms with Crippen LogP contribution in [-0.4, -0.2) is 15.5 Å². The fraction of sp³-hybridized carbons (Fsp3) is 0.143. The molecule has 2 rings (SSSR count). The molecule has 0 atom stereocenters. The van der Waals surface area contributed by atoms with E-state index in [0.717, 1.165) is 10.2 Å². The molecule has 20 heavy (non-hydrogen) atoms. The number of nitrogens with one attached hydrogen (secondary N) is 2. The van der Waals surface area contributed by atoms with Crippen molar-refractivity contribution in [2.45, 2.75) is 11.8 Å². The minimum atomic E-state index is -3.59. The van der Waals surface area contributed by atoms with Gasteiger partial charge in [0.25, 0.3) is 10.0 Å². The van der Waals surface area contributed by atoms with Crippen LogP contribution in [0.2, 0.25) is 0 Å². The third-order valence-corrected chi connectivity index (χ3v) is 4.88. The number of anilines is 2. The molecule has 0 aromatic heterocycles. The van der Waals surface area contributed by atoms with Gasteiger partial charge in [0.05, 0.1) is 4.90 Å². The lowest BCUT2D eigenvalue weighted by atomic mass is 10.2. The molecule has 0 spiro atoms. The molecule has 0 radical (unpaired) electrons. The Morgan fingerprint density at radius 1 is 1.00 bits per heavy atom. The number of aryl methyl sites for hydroxylation is 1. The second-order valence-electron chi connectivity index (χ2n) is 4.34. The molecule has 0 saturated carbocycles. The smallest absolute Gasteiger partial charge is 0.262 e. The first-order chi connectivity index (χ1) is 9.42. The van der Waals surface area contributed by atoms with E-state index in [0.29, 0.717) is 11.3 Å². The first-order valence-corrected chi connectivity index (χ1v) is 8.27. The average Bonchev–Trinajstić information content (AvgIpc) is 2.42. The van der Waals surface area contributed by atoms with Gasteiger partial charge < -0.3 is 5.32 Å². The average molecular weight is 355 g/mol. The molecule has 0 heterocycles. The quantitative estimate of drug-likeness (QED) is 0.881. The third-order valence-electron chi connectivity index (χ3n) is 2.87. The number of benzene rings is 2. The van der Waals surface area contributed by atoms with Gasteiger partial charge in [-0.25, -0.2) is 8.42 Å². The fourth-order valence-corrected chi connectivity index (χ4v) is 3.62. The number of rotatable bonds is 4. The minimum absolute atomic E-state index is 0.268. The van der Waals surface area contributed by atoms with Crippen molar-refractivity contribution in [3.63, 3.8) is 0 Å². The Labute approximate surface area is 127 Å². The summed E-state index contributed by atoms with van der Waals surface area (Å²) in [5.74, 6) is 0. The normalized spacial score (nSPS) is 11.2. The molecule has 106 valence electrons. The molecule has 0 aliphatic carbocycles. The van der Waals surface area contributed by atoms with Crippen LogP contribution in [-0.2, 0) is 10.0 Å². The molecule has 0 saturated heterocycles. The van der Waals surface area contributed by atoms with Gasteiger partial charge in [-0.05, 0) is 48.9 Å². The Balaban J connectivity index is 2.32. The predicted octanol–water partition coefficient (Wildman–Crippen LogP) is 3.60. The third kappa shape index (κ3) is 3.32. The summed E-state index contributed by atoms with van der Waals surface area (Å²) in [5.41, 5.74) is 2.16. The van der Waals surface area contributed by atoms with E-state index in [-0.39, 0.29) is 4.90 Å². The van der Waals surface area contributed by atoms with Crippen LogP contribution in [0, 0.1) is 6.92 Å². The van der Waals surface area contributed by atoms with Gasteiger partial charge in [0, 0.05) is 22.9 Å². The number of hydrogen-bond acceptors (Lipinski definition) is 3. The van der Waals surface area contributed by atoms with Crippen molar-refractivity contribution in [2.24, 2.45) is 0 Å². The summed E-state index contributed by atoms with van der Waals surface area (Å²) < 4.78 is 28.1. The van der Waals surface area contributed by atoms with E-state index in [1.165, 1.54) is 0 Å². The molecule has 0 amide bonds. The predicted molar refractivity (Wildman–Crippen MR) is 85.7 cm³/mol. The van der Waals surface area contributed by atoms with Gasteiger partial charge in [-0.2, -0.15) is 0 Å². The zero-order valence-electron chi connectivity index (χ0n) is 11.1. The van der Waals surface area contributed by atoms with Gasteiger partial charge in [0.1, 0.15) is 0 Å². The van der Waals surface area contributed by atoms with Gasteiger partial charge in [-0.3, -0.25) is 4.72 Å². The van der Waals surface area contributed by atoms with Crippen LogP contribution in [0.3, 0.4) is 0 Å². The van der Waals surface area contributed by atoms with Crippen LogP contribution in [0.25, 0.3) is 0 Å². The SMILES string of the molecule is CNc1ccc(NS(=O)(=O)c2cc(Br)ccc2C)cc1. The molecule has 2 aromatic carbocycles. The molecule has 0 bridgehead atoms. The van der Waals surface area contributed by atoms with Crippen molar-refractivity contribution in [3.8, 4) is 0 Å². The molecular weight excluding hydrogens is 340 g/mol. The van der Waals surface area contributed by atoms with Gasteiger partial charge in [0.15, 0.2) is 0 Å². The number of halogens is 1. The van der Waals surface area contributed by atoms with Crippen molar-refractivity contribution in [3.05, 3.63) is 52.5 Å². The van der Waals surface area contributed by atoms with E-state index >= 15 is 0 Å². The van der Waals surface area contributed by atoms with Crippen LogP contribution in [0.4, 0.5) is 11.4 Å². The number of hydrogen-bond donors (Lipinski definition) is 2. The molecule has 0 fully saturated rings. The van der Waals surface area contributed by atoms with E-state index in [2.05, 4.69) is 26.0 Å². The van der Waals surface area contributed by atoms with E-state index in [1.807, 2.05) is 25.2 Å². The topological polar surface area (TPSA) is 58.2 Å². The Kier molecular flexibility index (Phi) is 4.35. The molecule has 0 aliphatic rings. The highest BCUT2D eigenvalue weighted by Crippen LogP contribution is 2.23. The lowest BCUT2D eigenvalue weighted by molar-refractivity contribution is 0.600. The summed E-state index contributed by atoms with van der Waals surface area (Å²) in [5, 5.41) is 2.98. The van der Waals surface area contributed by atoms with Gasteiger partial charge >= 0.3 is 0 Å². The van der Waals surface area contributed by atoms with E-state index in [1.54, 1.807) is 31.2 Å². The Morgan fingerprint density at radius 3 is 2.20 bits per heavy atom. The van der Waals surface area contributed by atoms with Crippen LogP contribution >= 0.6 is 15.9 Å². The monoisotopic (exact) mass is 354 g/mol. The highest BCUT2D eigenvalue weighted by molar-refractivity contribution is 9.10. The van der Waals surface area contributed by atoms with Gasteiger partial charge in [-0.15, -0.1) is 0 Å². The van der Waals surface area contributed by atoms with Crippen LogP contribution in [0.5, 0.6) is 0 Å². The van der Waals surface area contributed by atoms with Gasteiger partial charge in [-0.1, -0.05) is 22.0 Å². The maximum absolute atomic E-state index is 12.4. The lowest BCUT2D eigenvalue weighted by Crippen LogP contribution is -2.14. The fourth-order valence-electron chi connectivity index (χ4n) is 1.78. The van der Waals surface area contributed by atoms with Crippen molar-refractivity contribution >= 4 is 37.3 Å². The Bertz CT molecular complexity index is 712. The second kappa shape index (κ2) is 5.85.